The summed E-state index contributed by atoms with van der Waals surface area (Å²) >= 11 is 0. The quantitative estimate of drug-likeness (QED) is 0.748. The lowest BCUT2D eigenvalue weighted by molar-refractivity contribution is 0.161. The molecule has 0 bridgehead atoms. The van der Waals surface area contributed by atoms with Crippen LogP contribution in [0.15, 0.2) is 29.3 Å². The maximum Gasteiger partial charge on any atom is 0.436 e. The normalized spacial score (nSPS) is 16.4. The number of hydrogen-bond acceptors (Lipinski definition) is 4. The lowest BCUT2D eigenvalue weighted by Crippen LogP contribution is -2.14. The molecule has 1 aromatic rings. The van der Waals surface area contributed by atoms with Crippen molar-refractivity contribution in [2.45, 2.75) is 13.5 Å². The van der Waals surface area contributed by atoms with Crippen molar-refractivity contribution in [3.8, 4) is 5.75 Å². The molecule has 0 radical (unpaired) electrons. The maximum absolute atomic E-state index is 11.2. The van der Waals surface area contributed by atoms with Gasteiger partial charge in [0.25, 0.3) is 0 Å². The van der Waals surface area contributed by atoms with Gasteiger partial charge in [-0.25, -0.2) is 4.79 Å². The first-order valence-corrected chi connectivity index (χ1v) is 5.37. The van der Waals surface area contributed by atoms with E-state index in [0.717, 1.165) is 11.3 Å². The molecule has 0 aliphatic carbocycles. The van der Waals surface area contributed by atoms with Crippen LogP contribution in [0.5, 0.6) is 5.75 Å². The van der Waals surface area contributed by atoms with E-state index in [1.165, 1.54) is 0 Å². The Balaban J connectivity index is 2.06. The standard InChI is InChI=1S/C12H13NO4/c1-2-15-12(14)13-11-8-16-10-6-4-3-5-9(10)7-17-11/h3-6H,2,7-8H2,1H3. The number of benzene rings is 1. The van der Waals surface area contributed by atoms with Crippen molar-refractivity contribution in [1.82, 2.24) is 0 Å². The molecular weight excluding hydrogens is 222 g/mol. The van der Waals surface area contributed by atoms with Gasteiger partial charge in [-0.15, -0.1) is 4.99 Å². The highest BCUT2D eigenvalue weighted by molar-refractivity contribution is 5.89. The van der Waals surface area contributed by atoms with Gasteiger partial charge in [-0.2, -0.15) is 0 Å². The van der Waals surface area contributed by atoms with Crippen molar-refractivity contribution in [1.29, 1.82) is 0 Å². The number of para-hydroxylation sites is 1. The van der Waals surface area contributed by atoms with E-state index in [1.807, 2.05) is 24.3 Å². The molecule has 17 heavy (non-hydrogen) atoms. The van der Waals surface area contributed by atoms with E-state index in [2.05, 4.69) is 4.99 Å². The van der Waals surface area contributed by atoms with E-state index >= 15 is 0 Å². The number of ether oxygens (including phenoxy) is 3. The van der Waals surface area contributed by atoms with Gasteiger partial charge < -0.3 is 14.2 Å². The molecule has 0 fully saturated rings. The second-order valence-corrected chi connectivity index (χ2v) is 3.39. The summed E-state index contributed by atoms with van der Waals surface area (Å²) in [4.78, 5) is 14.8. The molecule has 1 aromatic carbocycles. The topological polar surface area (TPSA) is 57.1 Å². The van der Waals surface area contributed by atoms with Crippen molar-refractivity contribution in [3.63, 3.8) is 0 Å². The summed E-state index contributed by atoms with van der Waals surface area (Å²) in [5.41, 5.74) is 0.932. The fourth-order valence-electron chi connectivity index (χ4n) is 1.43. The Morgan fingerprint density at radius 1 is 1.35 bits per heavy atom. The molecule has 0 N–H and O–H groups in total. The first-order chi connectivity index (χ1) is 8.29. The Kier molecular flexibility index (Phi) is 3.59. The van der Waals surface area contributed by atoms with Crippen LogP contribution in [0, 0.1) is 0 Å². The molecular formula is C12H13NO4. The molecule has 0 atom stereocenters. The molecule has 0 spiro atoms. The van der Waals surface area contributed by atoms with Crippen LogP contribution in [0.2, 0.25) is 0 Å². The van der Waals surface area contributed by atoms with E-state index < -0.39 is 6.09 Å². The zero-order valence-corrected chi connectivity index (χ0v) is 9.51. The van der Waals surface area contributed by atoms with E-state index in [4.69, 9.17) is 14.2 Å². The highest BCUT2D eigenvalue weighted by Gasteiger charge is 2.14. The summed E-state index contributed by atoms with van der Waals surface area (Å²) < 4.78 is 15.5. The van der Waals surface area contributed by atoms with Gasteiger partial charge in [0.2, 0.25) is 5.90 Å². The van der Waals surface area contributed by atoms with Crippen molar-refractivity contribution in [3.05, 3.63) is 29.8 Å². The van der Waals surface area contributed by atoms with Gasteiger partial charge in [-0.3, -0.25) is 0 Å². The number of rotatable bonds is 1. The van der Waals surface area contributed by atoms with Crippen molar-refractivity contribution < 1.29 is 19.0 Å². The second kappa shape index (κ2) is 5.34. The maximum atomic E-state index is 11.2. The van der Waals surface area contributed by atoms with E-state index in [0.29, 0.717) is 6.61 Å². The van der Waals surface area contributed by atoms with Gasteiger partial charge in [0.15, 0.2) is 6.61 Å². The number of fused-ring (bicyclic) bond motifs is 1. The minimum Gasteiger partial charge on any atom is -0.483 e. The Hall–Kier alpha value is -2.04. The van der Waals surface area contributed by atoms with E-state index in [9.17, 15) is 4.79 Å². The van der Waals surface area contributed by atoms with Crippen LogP contribution in [0.4, 0.5) is 4.79 Å². The van der Waals surface area contributed by atoms with E-state index in [1.54, 1.807) is 6.92 Å². The summed E-state index contributed by atoms with van der Waals surface area (Å²) in [7, 11) is 0. The number of nitrogens with zero attached hydrogens (tertiary/aromatic N) is 1. The zero-order chi connectivity index (χ0) is 12.1. The third-order valence-corrected chi connectivity index (χ3v) is 2.20. The Morgan fingerprint density at radius 2 is 2.18 bits per heavy atom. The highest BCUT2D eigenvalue weighted by atomic mass is 16.6. The molecule has 0 unspecified atom stereocenters. The van der Waals surface area contributed by atoms with Gasteiger partial charge in [0.1, 0.15) is 12.4 Å². The second-order valence-electron chi connectivity index (χ2n) is 3.39. The average molecular weight is 235 g/mol. The van der Waals surface area contributed by atoms with Crippen LogP contribution < -0.4 is 4.74 Å². The zero-order valence-electron chi connectivity index (χ0n) is 9.51. The monoisotopic (exact) mass is 235 g/mol. The van der Waals surface area contributed by atoms with Gasteiger partial charge >= 0.3 is 6.09 Å². The summed E-state index contributed by atoms with van der Waals surface area (Å²) in [5.74, 6) is 0.987. The number of carbonyl (C=O) groups is 1. The third kappa shape index (κ3) is 2.96. The Labute approximate surface area is 99.0 Å². The molecule has 1 aliphatic heterocycles. The van der Waals surface area contributed by atoms with Crippen LogP contribution in [0.1, 0.15) is 12.5 Å². The molecule has 5 nitrogen and oxygen atoms in total. The average Bonchev–Trinajstić information content (AvgIpc) is 2.53. The van der Waals surface area contributed by atoms with Gasteiger partial charge in [0.05, 0.1) is 6.61 Å². The van der Waals surface area contributed by atoms with Crippen molar-refractivity contribution >= 4 is 12.0 Å². The fourth-order valence-corrected chi connectivity index (χ4v) is 1.43. The molecule has 90 valence electrons. The summed E-state index contributed by atoms with van der Waals surface area (Å²) in [6, 6.07) is 7.54. The Morgan fingerprint density at radius 3 is 3.00 bits per heavy atom. The van der Waals surface area contributed by atoms with E-state index in [-0.39, 0.29) is 19.1 Å². The molecule has 0 aromatic heterocycles. The van der Waals surface area contributed by atoms with Crippen LogP contribution in [0.25, 0.3) is 0 Å². The molecule has 1 heterocycles. The molecule has 0 saturated heterocycles. The lowest BCUT2D eigenvalue weighted by atomic mass is 10.2. The van der Waals surface area contributed by atoms with Crippen molar-refractivity contribution in [2.24, 2.45) is 4.99 Å². The molecule has 0 saturated carbocycles. The lowest BCUT2D eigenvalue weighted by Gasteiger charge is -2.03. The summed E-state index contributed by atoms with van der Waals surface area (Å²) in [5, 5.41) is 0. The Bertz CT molecular complexity index is 413. The minimum atomic E-state index is -0.656. The first-order valence-electron chi connectivity index (χ1n) is 5.37. The van der Waals surface area contributed by atoms with Crippen molar-refractivity contribution in [2.75, 3.05) is 13.2 Å². The molecule has 1 amide bonds. The largest absolute Gasteiger partial charge is 0.483 e. The third-order valence-electron chi connectivity index (χ3n) is 2.20. The van der Waals surface area contributed by atoms with Gasteiger partial charge in [-0.1, -0.05) is 18.2 Å². The predicted molar refractivity (Wildman–Crippen MR) is 61.2 cm³/mol. The molecule has 2 rings (SSSR count). The molecule has 1 aliphatic rings. The summed E-state index contributed by atoms with van der Waals surface area (Å²) in [6.07, 6.45) is -0.656. The van der Waals surface area contributed by atoms with Crippen LogP contribution in [-0.4, -0.2) is 25.2 Å². The predicted octanol–water partition coefficient (Wildman–Crippen LogP) is 2.15. The van der Waals surface area contributed by atoms with Crippen LogP contribution in [0.3, 0.4) is 0 Å². The summed E-state index contributed by atoms with van der Waals surface area (Å²) in [6.45, 7) is 2.49. The SMILES string of the molecule is CCOC(=O)N=C1COc2ccccc2CO1. The van der Waals surface area contributed by atoms with Gasteiger partial charge in [0, 0.05) is 5.56 Å². The van der Waals surface area contributed by atoms with Gasteiger partial charge in [-0.05, 0) is 13.0 Å². The first kappa shape index (κ1) is 11.4. The number of amides is 1. The minimum absolute atomic E-state index is 0.135. The van der Waals surface area contributed by atoms with Crippen LogP contribution in [-0.2, 0) is 16.1 Å². The smallest absolute Gasteiger partial charge is 0.436 e. The van der Waals surface area contributed by atoms with Crippen LogP contribution >= 0.6 is 0 Å². The molecule has 5 heteroatoms. The fraction of sp³-hybridized carbons (Fsp3) is 0.333. The highest BCUT2D eigenvalue weighted by Crippen LogP contribution is 2.21. The number of hydrogen-bond donors (Lipinski definition) is 0. The number of aliphatic imine (C=N–C) groups is 1. The number of carbonyl (C=O) groups excluding carboxylic acids is 1.